The number of allylic oxidation sites excluding steroid dienone is 5. The standard InChI is InChI=1S/C48H87NO7/c1-8-13-16-18-20-21-22-23-24-25-26-27-28-30-33-36-45(50)53-38-44(40-55-47(52)56-42-48(6,7)41-49(11-4)12-5)39-54-46(51)37-43(34-31-15-10-3)35-32-29-19-17-14-9-2/h20-21,23-24,37,44H,8-19,22,25-36,38-42H2,1-7H3/b21-20-,24-23-,43-37+. The van der Waals surface area contributed by atoms with E-state index in [2.05, 4.69) is 77.7 Å². The summed E-state index contributed by atoms with van der Waals surface area (Å²) < 4.78 is 22.3. The first-order chi connectivity index (χ1) is 27.1. The minimum absolute atomic E-state index is 0.00204. The zero-order valence-electron chi connectivity index (χ0n) is 37.5. The van der Waals surface area contributed by atoms with Crippen LogP contribution in [0.4, 0.5) is 4.79 Å². The highest BCUT2D eigenvalue weighted by atomic mass is 16.7. The topological polar surface area (TPSA) is 91.4 Å². The summed E-state index contributed by atoms with van der Waals surface area (Å²) in [5.41, 5.74) is 0.889. The maximum atomic E-state index is 13.0. The monoisotopic (exact) mass is 790 g/mol. The van der Waals surface area contributed by atoms with Gasteiger partial charge in [0.25, 0.3) is 0 Å². The molecule has 0 bridgehead atoms. The molecule has 8 nitrogen and oxygen atoms in total. The lowest BCUT2D eigenvalue weighted by Crippen LogP contribution is -2.37. The van der Waals surface area contributed by atoms with Crippen molar-refractivity contribution in [1.29, 1.82) is 0 Å². The number of esters is 2. The van der Waals surface area contributed by atoms with Gasteiger partial charge in [0.2, 0.25) is 0 Å². The number of rotatable bonds is 38. The molecule has 0 aliphatic heterocycles. The lowest BCUT2D eigenvalue weighted by Gasteiger charge is -2.30. The Morgan fingerprint density at radius 3 is 1.66 bits per heavy atom. The SMILES string of the molecule is CCCCC/C=C\C/C=C\CCCCCCCC(=O)OCC(COC(=O)/C=C(\CCCCC)CCCCCCCC)COC(=O)OCC(C)(C)CN(CC)CC. The lowest BCUT2D eigenvalue weighted by atomic mass is 9.94. The molecule has 0 rings (SSSR count). The largest absolute Gasteiger partial charge is 0.508 e. The zero-order valence-corrected chi connectivity index (χ0v) is 37.5. The van der Waals surface area contributed by atoms with Crippen LogP contribution in [0.3, 0.4) is 0 Å². The number of ether oxygens (including phenoxy) is 4. The summed E-state index contributed by atoms with van der Waals surface area (Å²) in [6, 6.07) is 0. The highest BCUT2D eigenvalue weighted by Crippen LogP contribution is 2.20. The molecule has 0 aromatic rings. The van der Waals surface area contributed by atoms with Crippen LogP contribution in [0, 0.1) is 11.3 Å². The van der Waals surface area contributed by atoms with E-state index in [1.54, 1.807) is 6.08 Å². The first-order valence-electron chi connectivity index (χ1n) is 22.9. The highest BCUT2D eigenvalue weighted by molar-refractivity contribution is 5.82. The Bertz CT molecular complexity index is 1050. The minimum Gasteiger partial charge on any atom is -0.465 e. The average Bonchev–Trinajstić information content (AvgIpc) is 3.18. The van der Waals surface area contributed by atoms with Crippen LogP contribution < -0.4 is 0 Å². The van der Waals surface area contributed by atoms with Crippen molar-refractivity contribution >= 4 is 18.1 Å². The van der Waals surface area contributed by atoms with Crippen molar-refractivity contribution < 1.29 is 33.3 Å². The normalized spacial score (nSPS) is 12.8. The molecule has 0 saturated carbocycles. The molecule has 8 heteroatoms. The van der Waals surface area contributed by atoms with E-state index in [0.717, 1.165) is 109 Å². The number of carbonyl (C=O) groups excluding carboxylic acids is 3. The number of nitrogens with zero attached hydrogens (tertiary/aromatic N) is 1. The maximum absolute atomic E-state index is 13.0. The van der Waals surface area contributed by atoms with Crippen molar-refractivity contribution in [3.05, 3.63) is 36.0 Å². The molecule has 0 N–H and O–H groups in total. The van der Waals surface area contributed by atoms with Gasteiger partial charge in [0.05, 0.1) is 5.92 Å². The first-order valence-corrected chi connectivity index (χ1v) is 22.9. The average molecular weight is 790 g/mol. The minimum atomic E-state index is -0.776. The third-order valence-corrected chi connectivity index (χ3v) is 10.1. The van der Waals surface area contributed by atoms with E-state index >= 15 is 0 Å². The van der Waals surface area contributed by atoms with E-state index in [1.807, 2.05) is 0 Å². The van der Waals surface area contributed by atoms with Crippen molar-refractivity contribution in [1.82, 2.24) is 4.90 Å². The van der Waals surface area contributed by atoms with E-state index in [9.17, 15) is 14.4 Å². The summed E-state index contributed by atoms with van der Waals surface area (Å²) in [5.74, 6) is -1.19. The Balaban J connectivity index is 4.98. The van der Waals surface area contributed by atoms with Gasteiger partial charge in [-0.1, -0.05) is 155 Å². The Kier molecular flexibility index (Phi) is 36.2. The van der Waals surface area contributed by atoms with Gasteiger partial charge in [-0.2, -0.15) is 0 Å². The summed E-state index contributed by atoms with van der Waals surface area (Å²) in [7, 11) is 0. The van der Waals surface area contributed by atoms with Crippen molar-refractivity contribution in [3.8, 4) is 0 Å². The molecule has 326 valence electrons. The van der Waals surface area contributed by atoms with Crippen molar-refractivity contribution in [2.75, 3.05) is 46.1 Å². The molecule has 1 unspecified atom stereocenters. The Labute approximate surface area is 345 Å². The fourth-order valence-corrected chi connectivity index (χ4v) is 6.50. The number of unbranched alkanes of at least 4 members (excludes halogenated alkanes) is 15. The third kappa shape index (κ3) is 34.6. The number of hydrogen-bond donors (Lipinski definition) is 0. The quantitative estimate of drug-likeness (QED) is 0.0201. The van der Waals surface area contributed by atoms with Gasteiger partial charge in [-0.3, -0.25) is 4.79 Å². The number of carbonyl (C=O) groups is 3. The molecule has 0 fully saturated rings. The lowest BCUT2D eigenvalue weighted by molar-refractivity contribution is -0.148. The molecule has 56 heavy (non-hydrogen) atoms. The predicted octanol–water partition coefficient (Wildman–Crippen LogP) is 13.3. The second-order valence-corrected chi connectivity index (χ2v) is 16.4. The van der Waals surface area contributed by atoms with Crippen LogP contribution >= 0.6 is 0 Å². The molecular weight excluding hydrogens is 703 g/mol. The molecular formula is C48H87NO7. The van der Waals surface area contributed by atoms with Gasteiger partial charge < -0.3 is 23.8 Å². The smallest absolute Gasteiger partial charge is 0.465 e. The Morgan fingerprint density at radius 2 is 1.04 bits per heavy atom. The summed E-state index contributed by atoms with van der Waals surface area (Å²) >= 11 is 0. The fourth-order valence-electron chi connectivity index (χ4n) is 6.50. The van der Waals surface area contributed by atoms with Crippen LogP contribution in [0.15, 0.2) is 36.0 Å². The predicted molar refractivity (Wildman–Crippen MR) is 234 cm³/mol. The summed E-state index contributed by atoms with van der Waals surface area (Å²) in [6.45, 7) is 17.7. The third-order valence-electron chi connectivity index (χ3n) is 10.1. The molecule has 0 aliphatic rings. The van der Waals surface area contributed by atoms with Gasteiger partial charge in [-0.25, -0.2) is 9.59 Å². The zero-order chi connectivity index (χ0) is 41.5. The molecule has 0 radical (unpaired) electrons. The van der Waals surface area contributed by atoms with Crippen LogP contribution in [0.2, 0.25) is 0 Å². The van der Waals surface area contributed by atoms with E-state index < -0.39 is 18.0 Å². The fraction of sp³-hybridized carbons (Fsp3) is 0.812. The van der Waals surface area contributed by atoms with E-state index in [4.69, 9.17) is 18.9 Å². The van der Waals surface area contributed by atoms with Crippen molar-refractivity contribution in [3.63, 3.8) is 0 Å². The molecule has 0 aromatic heterocycles. The van der Waals surface area contributed by atoms with Gasteiger partial charge in [-0.15, -0.1) is 0 Å². The summed E-state index contributed by atoms with van der Waals surface area (Å²) in [6.07, 6.45) is 34.9. The molecule has 0 spiro atoms. The molecule has 0 aliphatic carbocycles. The van der Waals surface area contributed by atoms with E-state index in [1.165, 1.54) is 57.8 Å². The molecule has 0 saturated heterocycles. The van der Waals surface area contributed by atoms with Crippen LogP contribution in [0.25, 0.3) is 0 Å². The van der Waals surface area contributed by atoms with E-state index in [-0.39, 0.29) is 37.8 Å². The Hall–Kier alpha value is -2.61. The van der Waals surface area contributed by atoms with Gasteiger partial charge in [-0.05, 0) is 77.3 Å². The molecule has 1 atom stereocenters. The second-order valence-electron chi connectivity index (χ2n) is 16.4. The molecule has 0 amide bonds. The van der Waals surface area contributed by atoms with Crippen LogP contribution in [-0.4, -0.2) is 69.1 Å². The first kappa shape index (κ1) is 53.4. The van der Waals surface area contributed by atoms with Gasteiger partial charge in [0, 0.05) is 24.5 Å². The van der Waals surface area contributed by atoms with E-state index in [0.29, 0.717) is 6.42 Å². The maximum Gasteiger partial charge on any atom is 0.508 e. The van der Waals surface area contributed by atoms with Crippen LogP contribution in [0.1, 0.15) is 196 Å². The second kappa shape index (κ2) is 37.9. The summed E-state index contributed by atoms with van der Waals surface area (Å²) in [4.78, 5) is 40.6. The van der Waals surface area contributed by atoms with Gasteiger partial charge in [0.15, 0.2) is 0 Å². The van der Waals surface area contributed by atoms with Crippen molar-refractivity contribution in [2.45, 2.75) is 196 Å². The van der Waals surface area contributed by atoms with Gasteiger partial charge in [0.1, 0.15) is 26.4 Å². The summed E-state index contributed by atoms with van der Waals surface area (Å²) in [5, 5.41) is 0. The van der Waals surface area contributed by atoms with Gasteiger partial charge >= 0.3 is 18.1 Å². The molecule has 0 heterocycles. The van der Waals surface area contributed by atoms with Crippen LogP contribution in [-0.2, 0) is 28.5 Å². The Morgan fingerprint density at radius 1 is 0.554 bits per heavy atom. The van der Waals surface area contributed by atoms with Crippen molar-refractivity contribution in [2.24, 2.45) is 11.3 Å². The van der Waals surface area contributed by atoms with Crippen LogP contribution in [0.5, 0.6) is 0 Å². The highest BCUT2D eigenvalue weighted by Gasteiger charge is 2.24. The number of hydrogen-bond acceptors (Lipinski definition) is 8. The molecule has 0 aromatic carbocycles.